The van der Waals surface area contributed by atoms with Crippen LogP contribution in [-0.2, 0) is 9.73 Å². The molecule has 3 nitrogen and oxygen atoms in total. The molecule has 0 saturated heterocycles. The predicted molar refractivity (Wildman–Crippen MR) is 71.1 cm³/mol. The fraction of sp³-hybridized carbons (Fsp3) is 0.455. The zero-order valence-electron chi connectivity index (χ0n) is 10.5. The van der Waals surface area contributed by atoms with Crippen LogP contribution in [-0.4, -0.2) is 25.8 Å². The number of methoxy groups -OCH3 is 1. The van der Waals surface area contributed by atoms with Crippen molar-refractivity contribution < 1.29 is 8.95 Å². The van der Waals surface area contributed by atoms with Gasteiger partial charge < -0.3 is 4.74 Å². The molecule has 0 fully saturated rings. The third-order valence-corrected chi connectivity index (χ3v) is 6.64. The van der Waals surface area contributed by atoms with E-state index in [-0.39, 0.29) is 0 Å². The molecule has 0 saturated carbocycles. The SMILES string of the molecule is COc1cccc(S(C)(=O)=N[Si](C)(C)C)c1. The van der Waals surface area contributed by atoms with Crippen molar-refractivity contribution >= 4 is 18.0 Å². The van der Waals surface area contributed by atoms with Crippen LogP contribution in [0.3, 0.4) is 0 Å². The van der Waals surface area contributed by atoms with E-state index in [9.17, 15) is 4.21 Å². The van der Waals surface area contributed by atoms with Crippen molar-refractivity contribution in [1.82, 2.24) is 0 Å². The molecule has 0 aliphatic rings. The summed E-state index contributed by atoms with van der Waals surface area (Å²) in [6, 6.07) is 7.32. The van der Waals surface area contributed by atoms with Gasteiger partial charge in [-0.05, 0) is 37.8 Å². The third-order valence-electron chi connectivity index (χ3n) is 1.93. The standard InChI is InChI=1S/C11H19NO2SSi/c1-14-10-7-6-8-11(9-10)15(2,13)12-16(3,4)5/h6-9H,1-5H3. The highest BCUT2D eigenvalue weighted by Gasteiger charge is 2.16. The van der Waals surface area contributed by atoms with E-state index in [2.05, 4.69) is 23.7 Å². The van der Waals surface area contributed by atoms with Gasteiger partial charge in [0.15, 0.2) is 8.24 Å². The van der Waals surface area contributed by atoms with Crippen molar-refractivity contribution in [3.8, 4) is 5.75 Å². The lowest BCUT2D eigenvalue weighted by molar-refractivity contribution is 0.413. The molecule has 5 heteroatoms. The summed E-state index contributed by atoms with van der Waals surface area (Å²) in [6.45, 7) is 6.24. The minimum Gasteiger partial charge on any atom is -0.497 e. The van der Waals surface area contributed by atoms with Crippen LogP contribution in [0.2, 0.25) is 19.6 Å². The van der Waals surface area contributed by atoms with Crippen LogP contribution in [0.5, 0.6) is 5.75 Å². The normalized spacial score (nSPS) is 15.3. The second-order valence-electron chi connectivity index (χ2n) is 4.74. The van der Waals surface area contributed by atoms with Crippen LogP contribution < -0.4 is 4.74 Å². The number of hydrogen-bond donors (Lipinski definition) is 0. The molecule has 0 heterocycles. The summed E-state index contributed by atoms with van der Waals surface area (Å²) in [7, 11) is -2.38. The van der Waals surface area contributed by atoms with Crippen molar-refractivity contribution in [3.63, 3.8) is 0 Å². The van der Waals surface area contributed by atoms with Gasteiger partial charge in [-0.3, -0.25) is 4.03 Å². The number of ether oxygens (including phenoxy) is 1. The van der Waals surface area contributed by atoms with Gasteiger partial charge in [-0.2, -0.15) is 0 Å². The van der Waals surface area contributed by atoms with Gasteiger partial charge in [0.05, 0.1) is 16.8 Å². The Morgan fingerprint density at radius 2 is 1.94 bits per heavy atom. The predicted octanol–water partition coefficient (Wildman–Crippen LogP) is 2.99. The Balaban J connectivity index is 3.27. The minimum absolute atomic E-state index is 0.720. The number of hydrogen-bond acceptors (Lipinski definition) is 3. The quantitative estimate of drug-likeness (QED) is 0.781. The molecule has 0 amide bonds. The molecule has 0 aromatic heterocycles. The van der Waals surface area contributed by atoms with Crippen molar-refractivity contribution in [1.29, 1.82) is 0 Å². The molecular formula is C11H19NO2SSi. The van der Waals surface area contributed by atoms with E-state index in [0.29, 0.717) is 0 Å². The molecule has 1 aromatic carbocycles. The highest BCUT2D eigenvalue weighted by molar-refractivity contribution is 7.93. The maximum atomic E-state index is 12.5. The lowest BCUT2D eigenvalue weighted by Crippen LogP contribution is -2.19. The first-order valence-electron chi connectivity index (χ1n) is 5.12. The highest BCUT2D eigenvalue weighted by atomic mass is 32.2. The van der Waals surface area contributed by atoms with Gasteiger partial charge >= 0.3 is 0 Å². The molecule has 0 bridgehead atoms. The van der Waals surface area contributed by atoms with Crippen molar-refractivity contribution in [3.05, 3.63) is 24.3 Å². The minimum atomic E-state index is -2.29. The van der Waals surface area contributed by atoms with Crippen molar-refractivity contribution in [2.75, 3.05) is 13.4 Å². The number of benzene rings is 1. The smallest absolute Gasteiger partial charge is 0.185 e. The Morgan fingerprint density at radius 1 is 1.31 bits per heavy atom. The summed E-state index contributed by atoms with van der Waals surface area (Å²) in [5.74, 6) is 0.720. The maximum absolute atomic E-state index is 12.5. The Labute approximate surface area is 99.1 Å². The summed E-state index contributed by atoms with van der Waals surface area (Å²) in [4.78, 5) is 0.745. The van der Waals surface area contributed by atoms with Gasteiger partial charge in [-0.1, -0.05) is 6.07 Å². The molecule has 1 rings (SSSR count). The first-order chi connectivity index (χ1) is 7.24. The Hall–Kier alpha value is -0.813. The summed E-state index contributed by atoms with van der Waals surface area (Å²) < 4.78 is 22.1. The molecular weight excluding hydrogens is 238 g/mol. The van der Waals surface area contributed by atoms with Crippen molar-refractivity contribution in [2.45, 2.75) is 24.5 Å². The van der Waals surface area contributed by atoms with Gasteiger partial charge in [0.1, 0.15) is 5.75 Å². The van der Waals surface area contributed by atoms with Crippen LogP contribution in [0, 0.1) is 0 Å². The van der Waals surface area contributed by atoms with Gasteiger partial charge in [0.2, 0.25) is 0 Å². The largest absolute Gasteiger partial charge is 0.497 e. The molecule has 0 radical (unpaired) electrons. The molecule has 0 aliphatic heterocycles. The average Bonchev–Trinajstić information content (AvgIpc) is 2.14. The number of nitrogens with zero attached hydrogens (tertiary/aromatic N) is 1. The van der Waals surface area contributed by atoms with Gasteiger partial charge in [-0.15, -0.1) is 0 Å². The van der Waals surface area contributed by atoms with Crippen LogP contribution in [0.4, 0.5) is 0 Å². The van der Waals surface area contributed by atoms with Gasteiger partial charge in [0.25, 0.3) is 0 Å². The summed E-state index contributed by atoms with van der Waals surface area (Å²) in [5.41, 5.74) is 0. The van der Waals surface area contributed by atoms with E-state index >= 15 is 0 Å². The van der Waals surface area contributed by atoms with Crippen LogP contribution in [0.15, 0.2) is 33.2 Å². The van der Waals surface area contributed by atoms with Crippen LogP contribution in [0.25, 0.3) is 0 Å². The molecule has 90 valence electrons. The second-order valence-corrected chi connectivity index (χ2v) is 11.9. The van der Waals surface area contributed by atoms with Crippen LogP contribution in [0.1, 0.15) is 0 Å². The second kappa shape index (κ2) is 4.59. The molecule has 0 N–H and O–H groups in total. The third kappa shape index (κ3) is 3.64. The molecule has 1 atom stereocenters. The molecule has 16 heavy (non-hydrogen) atoms. The molecule has 1 aromatic rings. The van der Waals surface area contributed by atoms with E-state index < -0.39 is 18.0 Å². The lowest BCUT2D eigenvalue weighted by atomic mass is 10.3. The Kier molecular flexibility index (Phi) is 3.80. The van der Waals surface area contributed by atoms with E-state index in [1.54, 1.807) is 19.4 Å². The Morgan fingerprint density at radius 3 is 2.44 bits per heavy atom. The van der Waals surface area contributed by atoms with Gasteiger partial charge in [-0.25, -0.2) is 4.21 Å². The molecule has 0 spiro atoms. The van der Waals surface area contributed by atoms with Gasteiger partial charge in [0, 0.05) is 11.2 Å². The van der Waals surface area contributed by atoms with E-state index in [0.717, 1.165) is 10.6 Å². The van der Waals surface area contributed by atoms with E-state index in [1.165, 1.54) is 0 Å². The average molecular weight is 257 g/mol. The fourth-order valence-corrected chi connectivity index (χ4v) is 6.68. The highest BCUT2D eigenvalue weighted by Crippen LogP contribution is 2.20. The maximum Gasteiger partial charge on any atom is 0.185 e. The first-order valence-corrected chi connectivity index (χ1v) is 10.5. The zero-order chi connectivity index (χ0) is 12.4. The monoisotopic (exact) mass is 257 g/mol. The van der Waals surface area contributed by atoms with Crippen LogP contribution >= 0.6 is 0 Å². The fourth-order valence-electron chi connectivity index (χ4n) is 1.41. The Bertz CT molecular complexity index is 485. The summed E-state index contributed by atoms with van der Waals surface area (Å²) in [6.07, 6.45) is 1.69. The summed E-state index contributed by atoms with van der Waals surface area (Å²) >= 11 is 0. The molecule has 0 aliphatic carbocycles. The zero-order valence-corrected chi connectivity index (χ0v) is 12.3. The lowest BCUT2D eigenvalue weighted by Gasteiger charge is -2.13. The topological polar surface area (TPSA) is 38.7 Å². The van der Waals surface area contributed by atoms with E-state index in [4.69, 9.17) is 4.74 Å². The van der Waals surface area contributed by atoms with Crippen molar-refractivity contribution in [2.24, 2.45) is 4.03 Å². The van der Waals surface area contributed by atoms with E-state index in [1.807, 2.05) is 18.2 Å². The first kappa shape index (κ1) is 13.3. The molecule has 1 unspecified atom stereocenters. The number of rotatable bonds is 3. The summed E-state index contributed by atoms with van der Waals surface area (Å²) in [5, 5.41) is 0.